The van der Waals surface area contributed by atoms with E-state index in [0.717, 1.165) is 18.4 Å². The highest BCUT2D eigenvalue weighted by atomic mass is 16.5. The van der Waals surface area contributed by atoms with E-state index in [-0.39, 0.29) is 12.0 Å². The van der Waals surface area contributed by atoms with Gasteiger partial charge in [0.05, 0.1) is 18.6 Å². The Bertz CT molecular complexity index is 762. The van der Waals surface area contributed by atoms with Crippen LogP contribution in [0.1, 0.15) is 32.3 Å². The van der Waals surface area contributed by atoms with E-state index in [1.54, 1.807) is 6.92 Å². The zero-order valence-electron chi connectivity index (χ0n) is 15.4. The van der Waals surface area contributed by atoms with Crippen LogP contribution in [-0.4, -0.2) is 17.2 Å². The van der Waals surface area contributed by atoms with Gasteiger partial charge in [0.15, 0.2) is 0 Å². The molecule has 0 fully saturated rings. The average Bonchev–Trinajstić information content (AvgIpc) is 2.67. The number of rotatable bonds is 6. The predicted octanol–water partition coefficient (Wildman–Crippen LogP) is 5.32. The Morgan fingerprint density at radius 1 is 1.12 bits per heavy atom. The van der Waals surface area contributed by atoms with Crippen molar-refractivity contribution in [3.05, 3.63) is 71.8 Å². The van der Waals surface area contributed by atoms with Gasteiger partial charge >= 0.3 is 5.97 Å². The number of carboxylic acid groups (broad SMARTS) is 1. The van der Waals surface area contributed by atoms with E-state index < -0.39 is 11.9 Å². The van der Waals surface area contributed by atoms with Crippen LogP contribution in [0.5, 0.6) is 0 Å². The Hall–Kier alpha value is -2.39. The minimum Gasteiger partial charge on any atom is -0.481 e. The van der Waals surface area contributed by atoms with Crippen molar-refractivity contribution in [1.29, 1.82) is 0 Å². The van der Waals surface area contributed by atoms with Crippen molar-refractivity contribution in [3.63, 3.8) is 0 Å². The Morgan fingerprint density at radius 3 is 2.42 bits per heavy atom. The third-order valence-corrected chi connectivity index (χ3v) is 5.28. The highest BCUT2D eigenvalue weighted by Crippen LogP contribution is 2.32. The summed E-state index contributed by atoms with van der Waals surface area (Å²) in [6.45, 7) is 4.37. The van der Waals surface area contributed by atoms with Crippen LogP contribution < -0.4 is 0 Å². The van der Waals surface area contributed by atoms with Gasteiger partial charge in [-0.05, 0) is 36.5 Å². The van der Waals surface area contributed by atoms with E-state index in [4.69, 9.17) is 4.74 Å². The Balaban J connectivity index is 1.67. The molecule has 3 nitrogen and oxygen atoms in total. The Morgan fingerprint density at radius 2 is 1.77 bits per heavy atom. The third-order valence-electron chi connectivity index (χ3n) is 5.28. The van der Waals surface area contributed by atoms with Crippen LogP contribution in [0, 0.1) is 11.8 Å². The van der Waals surface area contributed by atoms with Crippen molar-refractivity contribution >= 4 is 5.97 Å². The molecule has 0 unspecified atom stereocenters. The minimum atomic E-state index is -0.747. The maximum atomic E-state index is 11.4. The van der Waals surface area contributed by atoms with Crippen LogP contribution in [0.3, 0.4) is 0 Å². The second-order valence-electron chi connectivity index (χ2n) is 7.18. The summed E-state index contributed by atoms with van der Waals surface area (Å²) in [7, 11) is 0. The molecular formula is C23H26O3. The highest BCUT2D eigenvalue weighted by molar-refractivity contribution is 5.70. The van der Waals surface area contributed by atoms with Crippen molar-refractivity contribution in [2.24, 2.45) is 11.8 Å². The van der Waals surface area contributed by atoms with Gasteiger partial charge in [0, 0.05) is 5.92 Å². The number of benzene rings is 2. The van der Waals surface area contributed by atoms with Crippen LogP contribution in [-0.2, 0) is 16.1 Å². The number of aliphatic carboxylic acids is 1. The monoisotopic (exact) mass is 350 g/mol. The topological polar surface area (TPSA) is 46.5 Å². The number of ether oxygens (including phenoxy) is 1. The molecule has 0 saturated heterocycles. The fraction of sp³-hybridized carbons (Fsp3) is 0.348. The molecule has 0 aliphatic heterocycles. The average molecular weight is 350 g/mol. The largest absolute Gasteiger partial charge is 0.481 e. The fourth-order valence-corrected chi connectivity index (χ4v) is 3.55. The van der Waals surface area contributed by atoms with Crippen molar-refractivity contribution < 1.29 is 14.6 Å². The second-order valence-corrected chi connectivity index (χ2v) is 7.18. The van der Waals surface area contributed by atoms with Crippen LogP contribution in [0.2, 0.25) is 0 Å². The molecule has 1 aliphatic rings. The molecule has 2 aromatic rings. The smallest absolute Gasteiger partial charge is 0.306 e. The van der Waals surface area contributed by atoms with Gasteiger partial charge in [0.2, 0.25) is 0 Å². The van der Waals surface area contributed by atoms with Gasteiger partial charge in [-0.25, -0.2) is 0 Å². The van der Waals surface area contributed by atoms with E-state index in [9.17, 15) is 9.90 Å². The lowest BCUT2D eigenvalue weighted by Gasteiger charge is -2.32. The zero-order valence-corrected chi connectivity index (χ0v) is 15.4. The molecule has 3 atom stereocenters. The quantitative estimate of drug-likeness (QED) is 0.718. The first-order chi connectivity index (χ1) is 12.5. The molecule has 1 N–H and O–H groups in total. The Labute approximate surface area is 155 Å². The molecule has 1 aliphatic carbocycles. The summed E-state index contributed by atoms with van der Waals surface area (Å²) < 4.78 is 6.13. The fourth-order valence-electron chi connectivity index (χ4n) is 3.55. The van der Waals surface area contributed by atoms with Gasteiger partial charge in [-0.3, -0.25) is 4.79 Å². The summed E-state index contributed by atoms with van der Waals surface area (Å²) >= 11 is 0. The van der Waals surface area contributed by atoms with Crippen molar-refractivity contribution in [2.75, 3.05) is 0 Å². The number of hydrogen-bond acceptors (Lipinski definition) is 2. The summed E-state index contributed by atoms with van der Waals surface area (Å²) in [6.07, 6.45) is 3.79. The molecule has 136 valence electrons. The van der Waals surface area contributed by atoms with Gasteiger partial charge in [0.25, 0.3) is 0 Å². The zero-order chi connectivity index (χ0) is 18.5. The molecule has 0 saturated carbocycles. The summed E-state index contributed by atoms with van der Waals surface area (Å²) in [5.74, 6) is -1.12. The summed E-state index contributed by atoms with van der Waals surface area (Å²) in [5.41, 5.74) is 4.76. The van der Waals surface area contributed by atoms with Crippen LogP contribution in [0.15, 0.2) is 66.2 Å². The number of carboxylic acids is 1. The van der Waals surface area contributed by atoms with Gasteiger partial charge in [-0.1, -0.05) is 73.2 Å². The molecule has 3 rings (SSSR count). The summed E-state index contributed by atoms with van der Waals surface area (Å²) in [4.78, 5) is 11.4. The van der Waals surface area contributed by atoms with E-state index in [1.165, 1.54) is 16.7 Å². The number of allylic oxidation sites excluding steroid dienone is 1. The summed E-state index contributed by atoms with van der Waals surface area (Å²) in [6, 6.07) is 18.6. The van der Waals surface area contributed by atoms with E-state index >= 15 is 0 Å². The van der Waals surface area contributed by atoms with E-state index in [2.05, 4.69) is 49.4 Å². The predicted molar refractivity (Wildman–Crippen MR) is 104 cm³/mol. The third kappa shape index (κ3) is 4.41. The highest BCUT2D eigenvalue weighted by Gasteiger charge is 2.32. The second kappa shape index (κ2) is 8.33. The first-order valence-corrected chi connectivity index (χ1v) is 9.20. The van der Waals surface area contributed by atoms with Crippen molar-refractivity contribution in [2.45, 2.75) is 39.4 Å². The van der Waals surface area contributed by atoms with E-state index in [0.29, 0.717) is 6.61 Å². The molecule has 0 aromatic heterocycles. The molecule has 26 heavy (non-hydrogen) atoms. The normalized spacial score (nSPS) is 21.1. The van der Waals surface area contributed by atoms with Gasteiger partial charge in [-0.15, -0.1) is 0 Å². The number of carbonyl (C=O) groups is 1. The van der Waals surface area contributed by atoms with Gasteiger partial charge < -0.3 is 9.84 Å². The molecule has 0 amide bonds. The first kappa shape index (κ1) is 18.4. The molecule has 0 heterocycles. The molecule has 2 aromatic carbocycles. The van der Waals surface area contributed by atoms with E-state index in [1.807, 2.05) is 18.2 Å². The van der Waals surface area contributed by atoms with Gasteiger partial charge in [-0.2, -0.15) is 0 Å². The van der Waals surface area contributed by atoms with Crippen molar-refractivity contribution in [3.8, 4) is 11.1 Å². The van der Waals surface area contributed by atoms with Crippen LogP contribution in [0.25, 0.3) is 11.1 Å². The maximum Gasteiger partial charge on any atom is 0.306 e. The van der Waals surface area contributed by atoms with Crippen LogP contribution in [0.4, 0.5) is 0 Å². The molecule has 0 radical (unpaired) electrons. The standard InChI is InChI=1S/C23H26O3/c1-16-8-13-21(17(2)23(24)25)22(14-16)26-15-18-9-11-20(12-10-18)19-6-4-3-5-7-19/h3-7,9-12,14,17,21-22H,8,13,15H2,1-2H3,(H,24,25)/t17-,21-,22-/m0/s1. The Kier molecular flexibility index (Phi) is 5.89. The lowest BCUT2D eigenvalue weighted by atomic mass is 9.79. The minimum absolute atomic E-state index is 0.0276. The molecule has 0 spiro atoms. The van der Waals surface area contributed by atoms with Crippen molar-refractivity contribution in [1.82, 2.24) is 0 Å². The SMILES string of the molecule is CC1=C[C@H](OCc2ccc(-c3ccccc3)cc2)[C@H]([C@H](C)C(=O)O)CC1. The molecule has 3 heteroatoms. The molecular weight excluding hydrogens is 324 g/mol. The lowest BCUT2D eigenvalue weighted by Crippen LogP contribution is -2.34. The lowest BCUT2D eigenvalue weighted by molar-refractivity contribution is -0.145. The first-order valence-electron chi connectivity index (χ1n) is 9.20. The molecule has 0 bridgehead atoms. The maximum absolute atomic E-state index is 11.4. The summed E-state index contributed by atoms with van der Waals surface area (Å²) in [5, 5.41) is 9.37. The van der Waals surface area contributed by atoms with Crippen LogP contribution >= 0.6 is 0 Å². The van der Waals surface area contributed by atoms with Gasteiger partial charge in [0.1, 0.15) is 0 Å². The number of hydrogen-bond donors (Lipinski definition) is 1.